The third kappa shape index (κ3) is 4.18. The fraction of sp³-hybridized carbons (Fsp3) is 0.435. The first-order chi connectivity index (χ1) is 15.1. The van der Waals surface area contributed by atoms with Gasteiger partial charge in [-0.1, -0.05) is 0 Å². The van der Waals surface area contributed by atoms with Gasteiger partial charge < -0.3 is 9.84 Å². The van der Waals surface area contributed by atoms with Gasteiger partial charge >= 0.3 is 5.97 Å². The minimum Gasteiger partial charge on any atom is -0.504 e. The van der Waals surface area contributed by atoms with Crippen molar-refractivity contribution >= 4 is 61.3 Å². The fourth-order valence-corrected chi connectivity index (χ4v) is 8.91. The van der Waals surface area contributed by atoms with Gasteiger partial charge in [-0.05, 0) is 143 Å². The number of rotatable bonds is 4. The van der Waals surface area contributed by atoms with Crippen molar-refractivity contribution in [3.63, 3.8) is 0 Å². The molecule has 6 nitrogen and oxygen atoms in total. The maximum Gasteiger partial charge on any atom is 0.343 e. The Morgan fingerprint density at radius 3 is 2.19 bits per heavy atom. The van der Waals surface area contributed by atoms with E-state index in [4.69, 9.17) is 4.74 Å². The van der Waals surface area contributed by atoms with Crippen molar-refractivity contribution in [1.82, 2.24) is 0 Å². The number of hydrogen-bond acceptors (Lipinski definition) is 5. The molecule has 0 aliphatic heterocycles. The van der Waals surface area contributed by atoms with Crippen molar-refractivity contribution in [3.8, 4) is 11.5 Å². The number of phenols is 1. The van der Waals surface area contributed by atoms with Crippen LogP contribution in [-0.2, 0) is 10.1 Å². The van der Waals surface area contributed by atoms with Crippen LogP contribution in [0.2, 0.25) is 0 Å². The largest absolute Gasteiger partial charge is 0.504 e. The van der Waals surface area contributed by atoms with Crippen molar-refractivity contribution in [2.24, 2.45) is 23.7 Å². The number of carbonyl (C=O) groups excluding carboxylic acids is 1. The minimum absolute atomic E-state index is 0.0134. The van der Waals surface area contributed by atoms with E-state index in [-0.39, 0.29) is 27.9 Å². The monoisotopic (exact) mass is 680 g/mol. The van der Waals surface area contributed by atoms with Gasteiger partial charge in [-0.2, -0.15) is 8.42 Å². The molecule has 0 atom stereocenters. The molecule has 0 unspecified atom stereocenters. The maximum atomic E-state index is 12.9. The predicted molar refractivity (Wildman–Crippen MR) is 135 cm³/mol. The minimum atomic E-state index is -4.43. The van der Waals surface area contributed by atoms with E-state index in [2.05, 4.69) is 22.6 Å². The Morgan fingerprint density at radius 2 is 1.59 bits per heavy atom. The van der Waals surface area contributed by atoms with Gasteiger partial charge in [-0.3, -0.25) is 4.55 Å². The highest BCUT2D eigenvalue weighted by molar-refractivity contribution is 14.1. The quantitative estimate of drug-likeness (QED) is 0.189. The smallest absolute Gasteiger partial charge is 0.343 e. The van der Waals surface area contributed by atoms with Crippen LogP contribution in [0.25, 0.3) is 0 Å². The van der Waals surface area contributed by atoms with E-state index in [1.165, 1.54) is 18.6 Å². The maximum absolute atomic E-state index is 12.9. The molecule has 2 aromatic carbocycles. The molecule has 2 N–H and O–H groups in total. The molecule has 0 aromatic heterocycles. The highest BCUT2D eigenvalue weighted by Crippen LogP contribution is 2.60. The summed E-state index contributed by atoms with van der Waals surface area (Å²) < 4.78 is 41.1. The summed E-state index contributed by atoms with van der Waals surface area (Å²) in [5.74, 6) is 1.45. The third-order valence-electron chi connectivity index (χ3n) is 7.31. The van der Waals surface area contributed by atoms with Gasteiger partial charge in [0.25, 0.3) is 10.1 Å². The Kier molecular flexibility index (Phi) is 5.99. The van der Waals surface area contributed by atoms with Gasteiger partial charge in [0, 0.05) is 3.57 Å². The van der Waals surface area contributed by atoms with E-state index in [0.29, 0.717) is 32.8 Å². The fourth-order valence-electron chi connectivity index (χ4n) is 6.38. The first kappa shape index (κ1) is 22.9. The topological polar surface area (TPSA) is 101 Å². The third-order valence-corrected chi connectivity index (χ3v) is 9.68. The highest BCUT2D eigenvalue weighted by atomic mass is 127. The standard InChI is InChI=1S/C23H22I2O6S/c24-16-9-18(25)22(26)19(10-16)31-23(27)13-1-2-20(32(28,29)30)17(8-13)21-14-4-11-3-12(6-14)7-15(21)5-11/h1-2,8-12,14-15,21,26H,3-7H2,(H,28,29,30). The molecule has 0 spiro atoms. The molecule has 0 heterocycles. The summed E-state index contributed by atoms with van der Waals surface area (Å²) in [6.45, 7) is 0. The van der Waals surface area contributed by atoms with Gasteiger partial charge in [-0.15, -0.1) is 0 Å². The summed E-state index contributed by atoms with van der Waals surface area (Å²) in [5.41, 5.74) is 0.728. The number of aromatic hydroxyl groups is 1. The van der Waals surface area contributed by atoms with E-state index >= 15 is 0 Å². The SMILES string of the molecule is O=C(Oc1cc(I)cc(I)c1O)c1ccc(S(=O)(=O)O)c(C2C3CC4CC(C3)CC2C4)c1. The summed E-state index contributed by atoms with van der Waals surface area (Å²) in [6.07, 6.45) is 5.57. The molecule has 0 amide bonds. The van der Waals surface area contributed by atoms with Crippen LogP contribution in [0.4, 0.5) is 0 Å². The number of ether oxygens (including phenoxy) is 1. The molecule has 4 saturated carbocycles. The number of esters is 1. The predicted octanol–water partition coefficient (Wildman–Crippen LogP) is 5.61. The van der Waals surface area contributed by atoms with Crippen LogP contribution in [0.15, 0.2) is 35.2 Å². The number of carbonyl (C=O) groups is 1. The van der Waals surface area contributed by atoms with Crippen LogP contribution in [0, 0.1) is 30.8 Å². The molecule has 9 heteroatoms. The summed E-state index contributed by atoms with van der Waals surface area (Å²) >= 11 is 4.04. The van der Waals surface area contributed by atoms with Gasteiger partial charge in [0.2, 0.25) is 0 Å². The molecule has 4 aliphatic rings. The second-order valence-corrected chi connectivity index (χ2v) is 13.1. The van der Waals surface area contributed by atoms with Crippen molar-refractivity contribution in [3.05, 3.63) is 48.6 Å². The van der Waals surface area contributed by atoms with Gasteiger partial charge in [-0.25, -0.2) is 4.79 Å². The van der Waals surface area contributed by atoms with E-state index < -0.39 is 16.1 Å². The van der Waals surface area contributed by atoms with E-state index in [1.54, 1.807) is 18.2 Å². The first-order valence-corrected chi connectivity index (χ1v) is 14.2. The second kappa shape index (κ2) is 8.38. The zero-order valence-electron chi connectivity index (χ0n) is 17.0. The van der Waals surface area contributed by atoms with Gasteiger partial charge in [0.05, 0.1) is 14.0 Å². The van der Waals surface area contributed by atoms with E-state index in [0.717, 1.165) is 29.3 Å². The lowest BCUT2D eigenvalue weighted by molar-refractivity contribution is -0.00372. The number of halogens is 2. The summed E-state index contributed by atoms with van der Waals surface area (Å²) in [4.78, 5) is 12.8. The van der Waals surface area contributed by atoms with Gasteiger partial charge in [0.1, 0.15) is 0 Å². The van der Waals surface area contributed by atoms with Crippen LogP contribution >= 0.6 is 45.2 Å². The molecule has 4 bridgehead atoms. The average molecular weight is 680 g/mol. The van der Waals surface area contributed by atoms with E-state index in [9.17, 15) is 22.9 Å². The molecule has 32 heavy (non-hydrogen) atoms. The van der Waals surface area contributed by atoms with E-state index in [1.807, 2.05) is 22.6 Å². The molecular formula is C23H22I2O6S. The Morgan fingerprint density at radius 1 is 0.969 bits per heavy atom. The van der Waals surface area contributed by atoms with Crippen molar-refractivity contribution in [1.29, 1.82) is 0 Å². The zero-order chi connectivity index (χ0) is 22.8. The van der Waals surface area contributed by atoms with Crippen LogP contribution < -0.4 is 4.74 Å². The van der Waals surface area contributed by atoms with Crippen molar-refractivity contribution in [2.75, 3.05) is 0 Å². The van der Waals surface area contributed by atoms with Crippen molar-refractivity contribution < 1.29 is 27.6 Å². The highest BCUT2D eigenvalue weighted by Gasteiger charge is 2.49. The Balaban J connectivity index is 1.52. The Hall–Kier alpha value is -0.920. The number of phenolic OH excluding ortho intramolecular Hbond substituents is 1. The number of benzene rings is 2. The number of hydrogen-bond donors (Lipinski definition) is 2. The summed E-state index contributed by atoms with van der Waals surface area (Å²) in [5, 5.41) is 10.3. The lowest BCUT2D eigenvalue weighted by atomic mass is 9.50. The molecule has 2 aromatic rings. The lowest BCUT2D eigenvalue weighted by Gasteiger charge is -2.54. The molecular weight excluding hydrogens is 658 g/mol. The van der Waals surface area contributed by atoms with Crippen LogP contribution in [-0.4, -0.2) is 24.0 Å². The average Bonchev–Trinajstić information content (AvgIpc) is 2.70. The Labute approximate surface area is 214 Å². The molecule has 170 valence electrons. The van der Waals surface area contributed by atoms with Crippen LogP contribution in [0.1, 0.15) is 53.9 Å². The molecule has 0 radical (unpaired) electrons. The van der Waals surface area contributed by atoms with Crippen LogP contribution in [0.3, 0.4) is 0 Å². The zero-order valence-corrected chi connectivity index (χ0v) is 22.1. The Bertz CT molecular complexity index is 1180. The first-order valence-electron chi connectivity index (χ1n) is 10.6. The summed E-state index contributed by atoms with van der Waals surface area (Å²) in [6, 6.07) is 7.58. The van der Waals surface area contributed by atoms with Crippen molar-refractivity contribution in [2.45, 2.75) is 42.9 Å². The molecule has 4 aliphatic carbocycles. The molecule has 6 rings (SSSR count). The lowest BCUT2D eigenvalue weighted by Crippen LogP contribution is -2.44. The van der Waals surface area contributed by atoms with Crippen LogP contribution in [0.5, 0.6) is 11.5 Å². The summed E-state index contributed by atoms with van der Waals surface area (Å²) in [7, 11) is -4.43. The molecule has 0 saturated heterocycles. The van der Waals surface area contributed by atoms with Gasteiger partial charge in [0.15, 0.2) is 11.5 Å². The molecule has 4 fully saturated rings. The normalized spacial score (nSPS) is 28.7. The second-order valence-electron chi connectivity index (χ2n) is 9.31.